The van der Waals surface area contributed by atoms with Crippen LogP contribution in [-0.4, -0.2) is 57.4 Å². The first-order valence-electron chi connectivity index (χ1n) is 9.19. The number of nitrogens with one attached hydrogen (secondary N) is 2. The summed E-state index contributed by atoms with van der Waals surface area (Å²) in [7, 11) is -3.68. The molecule has 1 saturated heterocycles. The number of nitrogens with zero attached hydrogens (tertiary/aromatic N) is 1. The fourth-order valence-electron chi connectivity index (χ4n) is 2.94. The topological polar surface area (TPSA) is 105 Å². The van der Waals surface area contributed by atoms with E-state index < -0.39 is 15.9 Å². The molecule has 2 amide bonds. The van der Waals surface area contributed by atoms with Gasteiger partial charge < -0.3 is 15.4 Å². The number of benzene rings is 2. The zero-order valence-electron chi connectivity index (χ0n) is 16.1. The van der Waals surface area contributed by atoms with Crippen LogP contribution in [0, 0.1) is 6.92 Å². The quantitative estimate of drug-likeness (QED) is 0.739. The van der Waals surface area contributed by atoms with Crippen LogP contribution in [0.1, 0.15) is 15.9 Å². The molecule has 2 aromatic rings. The number of sulfonamides is 1. The minimum absolute atomic E-state index is 0.144. The first-order valence-corrected chi connectivity index (χ1v) is 10.6. The molecule has 29 heavy (non-hydrogen) atoms. The van der Waals surface area contributed by atoms with Crippen molar-refractivity contribution in [3.05, 3.63) is 59.7 Å². The summed E-state index contributed by atoms with van der Waals surface area (Å²) in [6, 6.07) is 13.3. The summed E-state index contributed by atoms with van der Waals surface area (Å²) in [6.45, 7) is 2.78. The summed E-state index contributed by atoms with van der Waals surface area (Å²) in [4.78, 5) is 24.4. The first kappa shape index (κ1) is 21.0. The van der Waals surface area contributed by atoms with Crippen molar-refractivity contribution in [3.8, 4) is 0 Å². The highest BCUT2D eigenvalue weighted by Gasteiger charge is 2.28. The van der Waals surface area contributed by atoms with Crippen molar-refractivity contribution in [2.45, 2.75) is 11.8 Å². The molecule has 1 aliphatic heterocycles. The summed E-state index contributed by atoms with van der Waals surface area (Å²) < 4.78 is 32.4. The van der Waals surface area contributed by atoms with Gasteiger partial charge in [0.1, 0.15) is 0 Å². The predicted octanol–water partition coefficient (Wildman–Crippen LogP) is 1.38. The number of rotatable bonds is 6. The Morgan fingerprint density at radius 2 is 1.76 bits per heavy atom. The Morgan fingerprint density at radius 3 is 2.45 bits per heavy atom. The van der Waals surface area contributed by atoms with Crippen molar-refractivity contribution in [1.29, 1.82) is 0 Å². The molecule has 0 radical (unpaired) electrons. The van der Waals surface area contributed by atoms with E-state index in [0.717, 1.165) is 0 Å². The Bertz CT molecular complexity index is 986. The molecule has 0 unspecified atom stereocenters. The van der Waals surface area contributed by atoms with Crippen molar-refractivity contribution in [2.24, 2.45) is 0 Å². The number of hydrogen-bond acceptors (Lipinski definition) is 5. The number of morpholine rings is 1. The Kier molecular flexibility index (Phi) is 6.63. The Morgan fingerprint density at radius 1 is 1.07 bits per heavy atom. The number of amides is 2. The monoisotopic (exact) mass is 417 g/mol. The molecule has 0 bridgehead atoms. The van der Waals surface area contributed by atoms with Crippen molar-refractivity contribution in [2.75, 3.05) is 38.2 Å². The Hall–Kier alpha value is -2.75. The molecular formula is C20H23N3O5S. The SMILES string of the molecule is Cc1ccc(NC(=O)CNC(=O)c2ccccc2)cc1S(=O)(=O)N1CCOCC1. The average Bonchev–Trinajstić information content (AvgIpc) is 2.74. The largest absolute Gasteiger partial charge is 0.379 e. The molecule has 0 saturated carbocycles. The van der Waals surface area contributed by atoms with Crippen LogP contribution in [0.4, 0.5) is 5.69 Å². The standard InChI is InChI=1S/C20H23N3O5S/c1-15-7-8-17(13-18(15)29(26,27)23-9-11-28-12-10-23)22-19(24)14-21-20(25)16-5-3-2-4-6-16/h2-8,13H,9-12,14H2,1H3,(H,21,25)(H,22,24). The highest BCUT2D eigenvalue weighted by molar-refractivity contribution is 7.89. The Labute approximate surface area is 169 Å². The number of carbonyl (C=O) groups is 2. The van der Waals surface area contributed by atoms with Gasteiger partial charge in [-0.3, -0.25) is 9.59 Å². The van der Waals surface area contributed by atoms with Crippen LogP contribution in [0.3, 0.4) is 0 Å². The summed E-state index contributed by atoms with van der Waals surface area (Å²) >= 11 is 0. The van der Waals surface area contributed by atoms with E-state index in [4.69, 9.17) is 4.74 Å². The second-order valence-corrected chi connectivity index (χ2v) is 8.50. The van der Waals surface area contributed by atoms with Gasteiger partial charge in [-0.25, -0.2) is 8.42 Å². The van der Waals surface area contributed by atoms with Crippen LogP contribution in [0.5, 0.6) is 0 Å². The third-order valence-corrected chi connectivity index (χ3v) is 6.55. The maximum absolute atomic E-state index is 12.9. The zero-order valence-corrected chi connectivity index (χ0v) is 16.9. The lowest BCUT2D eigenvalue weighted by Gasteiger charge is -2.26. The van der Waals surface area contributed by atoms with E-state index in [1.54, 1.807) is 49.4 Å². The van der Waals surface area contributed by atoms with Gasteiger partial charge >= 0.3 is 0 Å². The number of aryl methyl sites for hydroxylation is 1. The van der Waals surface area contributed by atoms with E-state index in [1.807, 2.05) is 0 Å². The number of anilines is 1. The van der Waals surface area contributed by atoms with Crippen LogP contribution in [0.15, 0.2) is 53.4 Å². The molecule has 2 aromatic carbocycles. The Balaban J connectivity index is 1.66. The molecular weight excluding hydrogens is 394 g/mol. The highest BCUT2D eigenvalue weighted by atomic mass is 32.2. The molecule has 3 rings (SSSR count). The molecule has 0 aromatic heterocycles. The minimum atomic E-state index is -3.68. The number of ether oxygens (including phenoxy) is 1. The van der Waals surface area contributed by atoms with Crippen molar-refractivity contribution < 1.29 is 22.7 Å². The lowest BCUT2D eigenvalue weighted by molar-refractivity contribution is -0.115. The normalized spacial score (nSPS) is 14.9. The molecule has 8 nitrogen and oxygen atoms in total. The van der Waals surface area contributed by atoms with Crippen LogP contribution in [0.2, 0.25) is 0 Å². The van der Waals surface area contributed by atoms with E-state index in [9.17, 15) is 18.0 Å². The van der Waals surface area contributed by atoms with Gasteiger partial charge in [0.2, 0.25) is 15.9 Å². The number of hydrogen-bond donors (Lipinski definition) is 2. The maximum atomic E-state index is 12.9. The van der Waals surface area contributed by atoms with Gasteiger partial charge in [0.15, 0.2) is 0 Å². The smallest absolute Gasteiger partial charge is 0.251 e. The van der Waals surface area contributed by atoms with Crippen molar-refractivity contribution in [1.82, 2.24) is 9.62 Å². The molecule has 1 aliphatic rings. The molecule has 0 spiro atoms. The molecule has 9 heteroatoms. The average molecular weight is 417 g/mol. The van der Waals surface area contributed by atoms with Crippen LogP contribution >= 0.6 is 0 Å². The summed E-state index contributed by atoms with van der Waals surface area (Å²) in [5.41, 5.74) is 1.39. The lowest BCUT2D eigenvalue weighted by atomic mass is 10.2. The zero-order chi connectivity index (χ0) is 20.9. The summed E-state index contributed by atoms with van der Waals surface area (Å²) in [5.74, 6) is -0.812. The van der Waals surface area contributed by atoms with E-state index in [2.05, 4.69) is 10.6 Å². The first-order chi connectivity index (χ1) is 13.9. The van der Waals surface area contributed by atoms with E-state index in [0.29, 0.717) is 43.1 Å². The van der Waals surface area contributed by atoms with Crippen LogP contribution < -0.4 is 10.6 Å². The van der Waals surface area contributed by atoms with E-state index in [1.165, 1.54) is 10.4 Å². The van der Waals surface area contributed by atoms with Gasteiger partial charge in [-0.1, -0.05) is 24.3 Å². The predicted molar refractivity (Wildman–Crippen MR) is 108 cm³/mol. The van der Waals surface area contributed by atoms with E-state index >= 15 is 0 Å². The maximum Gasteiger partial charge on any atom is 0.251 e. The van der Waals surface area contributed by atoms with E-state index in [-0.39, 0.29) is 17.3 Å². The number of carbonyl (C=O) groups excluding carboxylic acids is 2. The van der Waals surface area contributed by atoms with Gasteiger partial charge in [-0.05, 0) is 36.8 Å². The van der Waals surface area contributed by atoms with Crippen molar-refractivity contribution >= 4 is 27.5 Å². The summed E-state index contributed by atoms with van der Waals surface area (Å²) in [5, 5.41) is 5.17. The molecule has 2 N–H and O–H groups in total. The van der Waals surface area contributed by atoms with Gasteiger partial charge in [-0.15, -0.1) is 0 Å². The lowest BCUT2D eigenvalue weighted by Crippen LogP contribution is -2.40. The third-order valence-electron chi connectivity index (χ3n) is 4.51. The molecule has 1 fully saturated rings. The van der Waals surface area contributed by atoms with Crippen molar-refractivity contribution in [3.63, 3.8) is 0 Å². The van der Waals surface area contributed by atoms with Gasteiger partial charge in [0.05, 0.1) is 24.7 Å². The van der Waals surface area contributed by atoms with Gasteiger partial charge in [0, 0.05) is 24.3 Å². The fourth-order valence-corrected chi connectivity index (χ4v) is 4.60. The molecule has 0 aliphatic carbocycles. The highest BCUT2D eigenvalue weighted by Crippen LogP contribution is 2.24. The molecule has 154 valence electrons. The van der Waals surface area contributed by atoms with Crippen LogP contribution in [-0.2, 0) is 19.6 Å². The molecule has 1 heterocycles. The fraction of sp³-hybridized carbons (Fsp3) is 0.300. The summed E-state index contributed by atoms with van der Waals surface area (Å²) in [6.07, 6.45) is 0. The third kappa shape index (κ3) is 5.20. The van der Waals surface area contributed by atoms with Crippen LogP contribution in [0.25, 0.3) is 0 Å². The second-order valence-electron chi connectivity index (χ2n) is 6.59. The minimum Gasteiger partial charge on any atom is -0.379 e. The second kappa shape index (κ2) is 9.17. The molecule has 0 atom stereocenters. The van der Waals surface area contributed by atoms with Gasteiger partial charge in [0.25, 0.3) is 5.91 Å². The van der Waals surface area contributed by atoms with Gasteiger partial charge in [-0.2, -0.15) is 4.31 Å².